The van der Waals surface area contributed by atoms with Crippen molar-refractivity contribution in [1.82, 2.24) is 0 Å². The molecular formula is C16H18N5O+. The second-order valence-electron chi connectivity index (χ2n) is 6.12. The first-order valence-corrected chi connectivity index (χ1v) is 7.66. The van der Waals surface area contributed by atoms with Crippen molar-refractivity contribution in [3.8, 4) is 18.2 Å². The Labute approximate surface area is 129 Å². The highest BCUT2D eigenvalue weighted by Gasteiger charge is 2.60. The molecule has 0 spiro atoms. The molecule has 1 unspecified atom stereocenters. The summed E-state index contributed by atoms with van der Waals surface area (Å²) >= 11 is 0. The summed E-state index contributed by atoms with van der Waals surface area (Å²) in [6, 6.07) is 6.23. The molecular weight excluding hydrogens is 278 g/mol. The molecule has 1 saturated carbocycles. The molecule has 3 aliphatic rings. The zero-order valence-electron chi connectivity index (χ0n) is 12.4. The molecule has 0 amide bonds. The van der Waals surface area contributed by atoms with Gasteiger partial charge >= 0.3 is 0 Å². The van der Waals surface area contributed by atoms with E-state index in [0.29, 0.717) is 19.6 Å². The Hall–Kier alpha value is -2.20. The standard InChI is InChI=1S/C16H17N5O/c17-8-12-15(20)14-11(16(12,9-18)10-19)2-1-3-13(14)21-4-6-22-7-5-21/h11-12,20H,1-7H2/p+1/t11-,12?/m1/s1. The molecule has 1 saturated heterocycles. The SMILES string of the molecule is N#CC1C(=N)C2=C([NH+]3CCOCC3)CCC[C@H]2C1(C#N)C#N. The number of hydrogen-bond donors (Lipinski definition) is 2. The molecule has 0 bridgehead atoms. The molecule has 2 fully saturated rings. The monoisotopic (exact) mass is 296 g/mol. The van der Waals surface area contributed by atoms with Gasteiger partial charge < -0.3 is 15.0 Å². The van der Waals surface area contributed by atoms with Crippen LogP contribution in [0.3, 0.4) is 0 Å². The largest absolute Gasteiger partial charge is 0.370 e. The van der Waals surface area contributed by atoms with Crippen LogP contribution in [0.15, 0.2) is 11.3 Å². The molecule has 1 aliphatic heterocycles. The molecule has 1 heterocycles. The molecule has 2 N–H and O–H groups in total. The van der Waals surface area contributed by atoms with Gasteiger partial charge in [0.25, 0.3) is 0 Å². The fraction of sp³-hybridized carbons (Fsp3) is 0.625. The van der Waals surface area contributed by atoms with Crippen molar-refractivity contribution in [2.75, 3.05) is 26.3 Å². The van der Waals surface area contributed by atoms with Crippen LogP contribution in [0.4, 0.5) is 0 Å². The van der Waals surface area contributed by atoms with Crippen LogP contribution < -0.4 is 4.90 Å². The maximum atomic E-state index is 9.60. The van der Waals surface area contributed by atoms with Gasteiger partial charge in [0.15, 0.2) is 5.41 Å². The Bertz CT molecular complexity index is 639. The van der Waals surface area contributed by atoms with Crippen molar-refractivity contribution in [1.29, 1.82) is 21.2 Å². The molecule has 112 valence electrons. The van der Waals surface area contributed by atoms with Crippen molar-refractivity contribution in [3.05, 3.63) is 11.3 Å². The van der Waals surface area contributed by atoms with E-state index in [9.17, 15) is 15.8 Å². The van der Waals surface area contributed by atoms with Crippen LogP contribution >= 0.6 is 0 Å². The van der Waals surface area contributed by atoms with Crippen LogP contribution in [0.1, 0.15) is 19.3 Å². The summed E-state index contributed by atoms with van der Waals surface area (Å²) < 4.78 is 5.40. The number of rotatable bonds is 1. The van der Waals surface area contributed by atoms with Gasteiger partial charge in [-0.15, -0.1) is 0 Å². The number of allylic oxidation sites excluding steroid dienone is 2. The highest BCUT2D eigenvalue weighted by Crippen LogP contribution is 2.52. The number of quaternary nitrogens is 1. The van der Waals surface area contributed by atoms with E-state index in [-0.39, 0.29) is 11.6 Å². The molecule has 2 atom stereocenters. The van der Waals surface area contributed by atoms with Crippen LogP contribution in [0.2, 0.25) is 0 Å². The normalized spacial score (nSPS) is 31.0. The predicted molar refractivity (Wildman–Crippen MR) is 76.4 cm³/mol. The van der Waals surface area contributed by atoms with Gasteiger partial charge in [0.2, 0.25) is 0 Å². The van der Waals surface area contributed by atoms with E-state index >= 15 is 0 Å². The van der Waals surface area contributed by atoms with E-state index in [4.69, 9.17) is 10.1 Å². The lowest BCUT2D eigenvalue weighted by atomic mass is 9.71. The summed E-state index contributed by atoms with van der Waals surface area (Å²) in [6.07, 6.45) is 2.50. The van der Waals surface area contributed by atoms with Gasteiger partial charge in [0.1, 0.15) is 24.7 Å². The van der Waals surface area contributed by atoms with E-state index < -0.39 is 11.3 Å². The lowest BCUT2D eigenvalue weighted by molar-refractivity contribution is -0.871. The second-order valence-corrected chi connectivity index (χ2v) is 6.12. The van der Waals surface area contributed by atoms with E-state index in [2.05, 4.69) is 12.1 Å². The molecule has 0 radical (unpaired) electrons. The fourth-order valence-electron chi connectivity index (χ4n) is 4.13. The first-order chi connectivity index (χ1) is 10.7. The van der Waals surface area contributed by atoms with Gasteiger partial charge in [0, 0.05) is 17.9 Å². The fourth-order valence-corrected chi connectivity index (χ4v) is 4.13. The van der Waals surface area contributed by atoms with Crippen molar-refractivity contribution in [3.63, 3.8) is 0 Å². The Morgan fingerprint density at radius 2 is 1.86 bits per heavy atom. The predicted octanol–water partition coefficient (Wildman–Crippen LogP) is 0.162. The molecule has 3 rings (SSSR count). The average molecular weight is 296 g/mol. The Balaban J connectivity index is 2.12. The molecule has 6 nitrogen and oxygen atoms in total. The minimum atomic E-state index is -1.39. The highest BCUT2D eigenvalue weighted by atomic mass is 16.5. The Kier molecular flexibility index (Phi) is 3.71. The zero-order chi connectivity index (χ0) is 15.7. The first kappa shape index (κ1) is 14.7. The summed E-state index contributed by atoms with van der Waals surface area (Å²) in [5.74, 6) is -1.23. The third kappa shape index (κ3) is 1.87. The summed E-state index contributed by atoms with van der Waals surface area (Å²) in [5, 5.41) is 37.1. The highest BCUT2D eigenvalue weighted by molar-refractivity contribution is 6.06. The minimum absolute atomic E-state index is 0.198. The summed E-state index contributed by atoms with van der Waals surface area (Å²) in [7, 11) is 0. The van der Waals surface area contributed by atoms with Gasteiger partial charge in [-0.1, -0.05) is 0 Å². The van der Waals surface area contributed by atoms with Gasteiger partial charge in [-0.3, -0.25) is 0 Å². The maximum Gasteiger partial charge on any atom is 0.172 e. The van der Waals surface area contributed by atoms with Gasteiger partial charge in [-0.2, -0.15) is 15.8 Å². The van der Waals surface area contributed by atoms with Gasteiger partial charge in [-0.05, 0) is 12.8 Å². The smallest absolute Gasteiger partial charge is 0.172 e. The lowest BCUT2D eigenvalue weighted by Crippen LogP contribution is -3.12. The average Bonchev–Trinajstić information content (AvgIpc) is 2.84. The number of nitriles is 3. The number of fused-ring (bicyclic) bond motifs is 1. The van der Waals surface area contributed by atoms with E-state index in [1.807, 2.05) is 6.07 Å². The Morgan fingerprint density at radius 1 is 1.18 bits per heavy atom. The van der Waals surface area contributed by atoms with Gasteiger partial charge in [-0.25, -0.2) is 0 Å². The maximum absolute atomic E-state index is 9.60. The molecule has 0 aromatic rings. The number of morpholine rings is 1. The molecule has 2 aliphatic carbocycles. The van der Waals surface area contributed by atoms with Crippen molar-refractivity contribution in [2.24, 2.45) is 17.3 Å². The van der Waals surface area contributed by atoms with E-state index in [1.165, 1.54) is 4.90 Å². The third-order valence-corrected chi connectivity index (χ3v) is 5.20. The summed E-state index contributed by atoms with van der Waals surface area (Å²) in [5.41, 5.74) is 0.762. The number of nitrogens with one attached hydrogen (secondary N) is 2. The van der Waals surface area contributed by atoms with Crippen LogP contribution in [-0.4, -0.2) is 32.0 Å². The number of nitrogens with zero attached hydrogens (tertiary/aromatic N) is 3. The summed E-state index contributed by atoms with van der Waals surface area (Å²) in [6.45, 7) is 3.07. The van der Waals surface area contributed by atoms with E-state index in [0.717, 1.165) is 37.2 Å². The second kappa shape index (κ2) is 5.54. The van der Waals surface area contributed by atoms with Gasteiger partial charge in [0.05, 0.1) is 37.1 Å². The van der Waals surface area contributed by atoms with Crippen molar-refractivity contribution in [2.45, 2.75) is 19.3 Å². The van der Waals surface area contributed by atoms with Crippen molar-refractivity contribution < 1.29 is 9.64 Å². The molecule has 0 aromatic carbocycles. The van der Waals surface area contributed by atoms with Crippen molar-refractivity contribution >= 4 is 5.71 Å². The molecule has 22 heavy (non-hydrogen) atoms. The molecule has 0 aromatic heterocycles. The number of hydrogen-bond acceptors (Lipinski definition) is 5. The first-order valence-electron chi connectivity index (χ1n) is 7.66. The van der Waals surface area contributed by atoms with Crippen LogP contribution in [-0.2, 0) is 4.74 Å². The lowest BCUT2D eigenvalue weighted by Gasteiger charge is -2.32. The topological polar surface area (TPSA) is 109 Å². The van der Waals surface area contributed by atoms with Crippen LogP contribution in [0, 0.1) is 56.7 Å². The van der Waals surface area contributed by atoms with Crippen LogP contribution in [0.25, 0.3) is 0 Å². The third-order valence-electron chi connectivity index (χ3n) is 5.20. The Morgan fingerprint density at radius 3 is 2.45 bits per heavy atom. The molecule has 6 heteroatoms. The van der Waals surface area contributed by atoms with E-state index in [1.54, 1.807) is 0 Å². The quantitative estimate of drug-likeness (QED) is 0.718. The van der Waals surface area contributed by atoms with Crippen LogP contribution in [0.5, 0.6) is 0 Å². The number of ether oxygens (including phenoxy) is 1. The summed E-state index contributed by atoms with van der Waals surface area (Å²) in [4.78, 5) is 1.29. The zero-order valence-corrected chi connectivity index (χ0v) is 12.4. The minimum Gasteiger partial charge on any atom is -0.370 e.